The van der Waals surface area contributed by atoms with E-state index in [0.717, 1.165) is 65.4 Å². The molecule has 0 bridgehead atoms. The lowest BCUT2D eigenvalue weighted by atomic mass is 9.94. The van der Waals surface area contributed by atoms with E-state index in [1.165, 1.54) is 24.2 Å². The molecule has 43 heavy (non-hydrogen) atoms. The van der Waals surface area contributed by atoms with Crippen LogP contribution in [0.3, 0.4) is 0 Å². The number of fused-ring (bicyclic) bond motifs is 1. The highest BCUT2D eigenvalue weighted by Gasteiger charge is 2.35. The number of methoxy groups -OCH3 is 1. The molecule has 1 aromatic heterocycles. The molecule has 232 valence electrons. The standard InChI is InChI=1S/C34H44FN3O4S/c1-5-8-25(6-2)37-16-13-23-11-12-24(31(35)26(23)14-17-37)20-42-32-22(3)9-7-10-27(32)29-21-43-34(36-29)38-18-15-28(33(39)40)30(19-38)41-4/h7,9-12,21,25,28,30H,5-6,8,13-20H2,1-4H3,(H,39,40)/t25?,28-,30+/m0/s1. The number of halogens is 1. The van der Waals surface area contributed by atoms with Gasteiger partial charge in [0, 0.05) is 55.8 Å². The summed E-state index contributed by atoms with van der Waals surface area (Å²) in [6, 6.07) is 10.5. The highest BCUT2D eigenvalue weighted by Crippen LogP contribution is 2.37. The Morgan fingerprint density at radius 2 is 2.00 bits per heavy atom. The van der Waals surface area contributed by atoms with Crippen molar-refractivity contribution in [3.8, 4) is 17.0 Å². The minimum atomic E-state index is -0.821. The Hall–Kier alpha value is -3.01. The number of nitrogens with zero attached hydrogens (tertiary/aromatic N) is 3. The zero-order chi connectivity index (χ0) is 30.5. The van der Waals surface area contributed by atoms with E-state index in [4.69, 9.17) is 14.5 Å². The number of ether oxygens (including phenoxy) is 2. The van der Waals surface area contributed by atoms with Crippen LogP contribution in [0, 0.1) is 18.7 Å². The summed E-state index contributed by atoms with van der Waals surface area (Å²) in [6.07, 6.45) is 5.19. The number of carboxylic acids is 1. The first-order valence-corrected chi connectivity index (χ1v) is 16.4. The highest BCUT2D eigenvalue weighted by molar-refractivity contribution is 7.14. The van der Waals surface area contributed by atoms with Crippen LogP contribution in [-0.2, 0) is 29.0 Å². The van der Waals surface area contributed by atoms with E-state index >= 15 is 4.39 Å². The van der Waals surface area contributed by atoms with Crippen LogP contribution in [0.25, 0.3) is 11.3 Å². The summed E-state index contributed by atoms with van der Waals surface area (Å²) < 4.78 is 27.8. The summed E-state index contributed by atoms with van der Waals surface area (Å²) >= 11 is 1.52. The minimum Gasteiger partial charge on any atom is -0.488 e. The average Bonchev–Trinajstić information content (AvgIpc) is 3.40. The van der Waals surface area contributed by atoms with Crippen molar-refractivity contribution in [1.82, 2.24) is 9.88 Å². The van der Waals surface area contributed by atoms with E-state index in [2.05, 4.69) is 29.7 Å². The molecule has 2 aromatic carbocycles. The molecule has 1 unspecified atom stereocenters. The third-order valence-electron chi connectivity index (χ3n) is 9.15. The van der Waals surface area contributed by atoms with Gasteiger partial charge >= 0.3 is 5.97 Å². The second-order valence-corrected chi connectivity index (χ2v) is 12.6. The first kappa shape index (κ1) is 31.4. The van der Waals surface area contributed by atoms with E-state index in [0.29, 0.717) is 36.9 Å². The fraction of sp³-hybridized carbons (Fsp3) is 0.529. The lowest BCUT2D eigenvalue weighted by Crippen LogP contribution is -2.47. The van der Waals surface area contributed by atoms with Gasteiger partial charge in [0.15, 0.2) is 5.13 Å². The Labute approximate surface area is 258 Å². The molecule has 7 nitrogen and oxygen atoms in total. The van der Waals surface area contributed by atoms with E-state index in [-0.39, 0.29) is 18.5 Å². The van der Waals surface area contributed by atoms with E-state index in [9.17, 15) is 9.90 Å². The van der Waals surface area contributed by atoms with Crippen molar-refractivity contribution in [2.24, 2.45) is 5.92 Å². The molecule has 0 spiro atoms. The summed E-state index contributed by atoms with van der Waals surface area (Å²) in [5.41, 5.74) is 5.13. The number of thiazole rings is 1. The number of carbonyl (C=O) groups is 1. The smallest absolute Gasteiger partial charge is 0.309 e. The number of para-hydroxylation sites is 1. The van der Waals surface area contributed by atoms with Crippen LogP contribution < -0.4 is 9.64 Å². The zero-order valence-corrected chi connectivity index (χ0v) is 26.6. The summed E-state index contributed by atoms with van der Waals surface area (Å²) in [5, 5.41) is 12.4. The monoisotopic (exact) mass is 609 g/mol. The Bertz CT molecular complexity index is 1410. The van der Waals surface area contributed by atoms with E-state index in [1.54, 1.807) is 7.11 Å². The summed E-state index contributed by atoms with van der Waals surface area (Å²) in [7, 11) is 1.56. The van der Waals surface area contributed by atoms with Crippen LogP contribution in [0.4, 0.5) is 9.52 Å². The maximum atomic E-state index is 15.9. The number of hydrogen-bond acceptors (Lipinski definition) is 7. The van der Waals surface area contributed by atoms with Crippen molar-refractivity contribution in [2.45, 2.75) is 78.0 Å². The molecule has 0 saturated carbocycles. The van der Waals surface area contributed by atoms with Gasteiger partial charge in [-0.1, -0.05) is 44.5 Å². The first-order valence-electron chi connectivity index (χ1n) is 15.6. The van der Waals surface area contributed by atoms with Gasteiger partial charge in [-0.15, -0.1) is 11.3 Å². The second kappa shape index (κ2) is 14.2. The van der Waals surface area contributed by atoms with E-state index in [1.807, 2.05) is 36.6 Å². The molecule has 5 rings (SSSR count). The molecule has 0 radical (unpaired) electrons. The number of aliphatic carboxylic acids is 1. The number of carboxylic acid groups (broad SMARTS) is 1. The number of hydrogen-bond donors (Lipinski definition) is 1. The second-order valence-electron chi connectivity index (χ2n) is 11.8. The number of anilines is 1. The van der Waals surface area contributed by atoms with Gasteiger partial charge in [0.25, 0.3) is 0 Å². The Morgan fingerprint density at radius 1 is 1.19 bits per heavy atom. The SMILES string of the molecule is CCCC(CC)N1CCc2ccc(COc3c(C)cccc3-c3csc(N4CC[C@H](C(=O)O)[C@H](OC)C4)n3)c(F)c2CC1. The largest absolute Gasteiger partial charge is 0.488 e. The number of piperidine rings is 1. The molecule has 9 heteroatoms. The molecule has 3 aromatic rings. The third-order valence-corrected chi connectivity index (χ3v) is 10.1. The molecule has 1 N–H and O–H groups in total. The van der Waals surface area contributed by atoms with Crippen LogP contribution >= 0.6 is 11.3 Å². The topological polar surface area (TPSA) is 75.1 Å². The number of rotatable bonds is 11. The number of benzene rings is 2. The lowest BCUT2D eigenvalue weighted by molar-refractivity contribution is -0.147. The number of aromatic nitrogens is 1. The fourth-order valence-electron chi connectivity index (χ4n) is 6.64. The molecule has 1 fully saturated rings. The predicted octanol–water partition coefficient (Wildman–Crippen LogP) is 6.74. The van der Waals surface area contributed by atoms with Crippen molar-refractivity contribution in [3.05, 3.63) is 63.8 Å². The zero-order valence-electron chi connectivity index (χ0n) is 25.8. The van der Waals surface area contributed by atoms with Crippen LogP contribution in [0.5, 0.6) is 5.75 Å². The van der Waals surface area contributed by atoms with Crippen molar-refractivity contribution >= 4 is 22.4 Å². The lowest BCUT2D eigenvalue weighted by Gasteiger charge is -2.35. The van der Waals surface area contributed by atoms with Gasteiger partial charge in [0.1, 0.15) is 18.2 Å². The first-order chi connectivity index (χ1) is 20.8. The average molecular weight is 610 g/mol. The third kappa shape index (κ3) is 6.89. The molecule has 0 amide bonds. The summed E-state index contributed by atoms with van der Waals surface area (Å²) in [4.78, 5) is 21.2. The predicted molar refractivity (Wildman–Crippen MR) is 170 cm³/mol. The fourth-order valence-corrected chi connectivity index (χ4v) is 7.50. The highest BCUT2D eigenvalue weighted by atomic mass is 32.1. The van der Waals surface area contributed by atoms with Crippen LogP contribution in [0.15, 0.2) is 35.7 Å². The van der Waals surface area contributed by atoms with Gasteiger partial charge in [-0.2, -0.15) is 0 Å². The van der Waals surface area contributed by atoms with Gasteiger partial charge in [-0.05, 0) is 61.8 Å². The van der Waals surface area contributed by atoms with Gasteiger partial charge in [-0.25, -0.2) is 9.37 Å². The van der Waals surface area contributed by atoms with Crippen molar-refractivity contribution in [2.75, 3.05) is 38.2 Å². The molecule has 2 aliphatic rings. The molecule has 0 aliphatic carbocycles. The minimum absolute atomic E-state index is 0.133. The molecule has 1 saturated heterocycles. The molecule has 2 aliphatic heterocycles. The van der Waals surface area contributed by atoms with Gasteiger partial charge in [0.05, 0.1) is 17.7 Å². The van der Waals surface area contributed by atoms with Gasteiger partial charge in [-0.3, -0.25) is 9.69 Å². The maximum absolute atomic E-state index is 15.9. The van der Waals surface area contributed by atoms with Crippen molar-refractivity contribution in [1.29, 1.82) is 0 Å². The van der Waals surface area contributed by atoms with Gasteiger partial charge in [0.2, 0.25) is 0 Å². The van der Waals surface area contributed by atoms with Gasteiger partial charge < -0.3 is 19.5 Å². The molecular weight excluding hydrogens is 565 g/mol. The molecule has 3 atom stereocenters. The maximum Gasteiger partial charge on any atom is 0.309 e. The quantitative estimate of drug-likeness (QED) is 0.258. The molecule has 3 heterocycles. The molecular formula is C34H44FN3O4S. The van der Waals surface area contributed by atoms with Crippen LogP contribution in [-0.4, -0.2) is 66.4 Å². The summed E-state index contributed by atoms with van der Waals surface area (Å²) in [6.45, 7) is 9.57. The van der Waals surface area contributed by atoms with E-state index < -0.39 is 11.9 Å². The van der Waals surface area contributed by atoms with Crippen LogP contribution in [0.2, 0.25) is 0 Å². The summed E-state index contributed by atoms with van der Waals surface area (Å²) in [5.74, 6) is -0.770. The Kier molecular flexibility index (Phi) is 10.4. The van der Waals surface area contributed by atoms with Crippen molar-refractivity contribution in [3.63, 3.8) is 0 Å². The Morgan fingerprint density at radius 3 is 2.74 bits per heavy atom. The number of aryl methyl sites for hydroxylation is 1. The Balaban J connectivity index is 1.31. The van der Waals surface area contributed by atoms with Crippen LogP contribution in [0.1, 0.15) is 61.8 Å². The normalized spacial score (nSPS) is 20.0. The van der Waals surface area contributed by atoms with Crippen molar-refractivity contribution < 1.29 is 23.8 Å².